The van der Waals surface area contributed by atoms with Gasteiger partial charge in [0.15, 0.2) is 0 Å². The van der Waals surface area contributed by atoms with Crippen LogP contribution in [0.1, 0.15) is 20.3 Å². The number of likely N-dealkylation sites (tertiary alicyclic amines) is 1. The molecule has 0 bridgehead atoms. The van der Waals surface area contributed by atoms with E-state index in [2.05, 4.69) is 36.2 Å². The Labute approximate surface area is 163 Å². The molecule has 2 atom stereocenters. The number of nitrogens with zero attached hydrogens (tertiary/aromatic N) is 3. The number of carbonyl (C=O) groups is 1. The lowest BCUT2D eigenvalue weighted by Crippen LogP contribution is -2.43. The number of rotatable bonds is 4. The highest BCUT2D eigenvalue weighted by atomic mass is 32.2. The van der Waals surface area contributed by atoms with E-state index in [1.165, 1.54) is 23.6 Å². The van der Waals surface area contributed by atoms with Crippen LogP contribution in [-0.4, -0.2) is 39.8 Å². The maximum absolute atomic E-state index is 12.5. The summed E-state index contributed by atoms with van der Waals surface area (Å²) in [6.45, 7) is 6.10. The number of benzene rings is 2. The molecule has 0 radical (unpaired) electrons. The molecule has 1 saturated heterocycles. The Morgan fingerprint density at radius 1 is 1.11 bits per heavy atom. The van der Waals surface area contributed by atoms with E-state index in [1.54, 1.807) is 0 Å². The van der Waals surface area contributed by atoms with Crippen LogP contribution in [0, 0.1) is 11.8 Å². The maximum Gasteiger partial charge on any atom is 0.277 e. The molecular weight excluding hydrogens is 358 g/mol. The molecule has 5 nitrogen and oxygen atoms in total. The molecule has 0 saturated carbocycles. The minimum absolute atomic E-state index is 0.142. The molecule has 0 aliphatic carbocycles. The smallest absolute Gasteiger partial charge is 0.277 e. The summed E-state index contributed by atoms with van der Waals surface area (Å²) in [5.41, 5.74) is 0.887. The van der Waals surface area contributed by atoms with Gasteiger partial charge in [-0.3, -0.25) is 4.79 Å². The fourth-order valence-corrected chi connectivity index (χ4v) is 4.45. The van der Waals surface area contributed by atoms with Crippen molar-refractivity contribution in [1.82, 2.24) is 15.1 Å². The third-order valence-electron chi connectivity index (χ3n) is 4.94. The molecule has 0 spiro atoms. The molecule has 2 unspecified atom stereocenters. The van der Waals surface area contributed by atoms with Gasteiger partial charge < -0.3 is 9.32 Å². The quantitative estimate of drug-likeness (QED) is 0.623. The summed E-state index contributed by atoms with van der Waals surface area (Å²) in [7, 11) is 0. The molecule has 2 heterocycles. The van der Waals surface area contributed by atoms with Gasteiger partial charge in [0.05, 0.1) is 5.75 Å². The Morgan fingerprint density at radius 2 is 1.85 bits per heavy atom. The van der Waals surface area contributed by atoms with E-state index in [1.807, 2.05) is 35.2 Å². The Morgan fingerprint density at radius 3 is 2.63 bits per heavy atom. The van der Waals surface area contributed by atoms with E-state index in [-0.39, 0.29) is 5.91 Å². The molecular formula is C21H23N3O2S. The minimum Gasteiger partial charge on any atom is -0.411 e. The zero-order chi connectivity index (χ0) is 18.8. The van der Waals surface area contributed by atoms with Crippen molar-refractivity contribution < 1.29 is 9.21 Å². The zero-order valence-electron chi connectivity index (χ0n) is 15.6. The van der Waals surface area contributed by atoms with Crippen molar-refractivity contribution in [3.8, 4) is 11.5 Å². The Hall–Kier alpha value is -2.34. The molecule has 1 aromatic heterocycles. The average molecular weight is 382 g/mol. The summed E-state index contributed by atoms with van der Waals surface area (Å²) in [6.07, 6.45) is 1.19. The highest BCUT2D eigenvalue weighted by molar-refractivity contribution is 7.99. The summed E-state index contributed by atoms with van der Waals surface area (Å²) < 4.78 is 5.77. The Bertz CT molecular complexity index is 945. The summed E-state index contributed by atoms with van der Waals surface area (Å²) in [4.78, 5) is 14.5. The fourth-order valence-electron chi connectivity index (χ4n) is 3.79. The van der Waals surface area contributed by atoms with Gasteiger partial charge in [-0.25, -0.2) is 0 Å². The van der Waals surface area contributed by atoms with Crippen LogP contribution in [0.15, 0.2) is 52.1 Å². The second kappa shape index (κ2) is 7.72. The Balaban J connectivity index is 1.41. The fraction of sp³-hybridized carbons (Fsp3) is 0.381. The van der Waals surface area contributed by atoms with E-state index in [9.17, 15) is 4.79 Å². The standard InChI is InChI=1S/C21H23N3O2S/c1-14-9-15(2)12-24(11-14)19(25)13-27-21-23-22-20(26-21)18-8-7-16-5-3-4-6-17(16)10-18/h3-8,10,14-15H,9,11-13H2,1-2H3. The van der Waals surface area contributed by atoms with E-state index in [4.69, 9.17) is 4.42 Å². The van der Waals surface area contributed by atoms with E-state index < -0.39 is 0 Å². The zero-order valence-corrected chi connectivity index (χ0v) is 16.4. The first-order chi connectivity index (χ1) is 13.1. The summed E-state index contributed by atoms with van der Waals surface area (Å²) in [5.74, 6) is 2.08. The molecule has 6 heteroatoms. The lowest BCUT2D eigenvalue weighted by Gasteiger charge is -2.34. The van der Waals surface area contributed by atoms with Crippen LogP contribution in [0.5, 0.6) is 0 Å². The lowest BCUT2D eigenvalue weighted by atomic mass is 9.92. The van der Waals surface area contributed by atoms with Crippen molar-refractivity contribution in [1.29, 1.82) is 0 Å². The van der Waals surface area contributed by atoms with Crippen LogP contribution >= 0.6 is 11.8 Å². The normalized spacial score (nSPS) is 20.1. The number of fused-ring (bicyclic) bond motifs is 1. The van der Waals surface area contributed by atoms with Crippen molar-refractivity contribution in [2.75, 3.05) is 18.8 Å². The highest BCUT2D eigenvalue weighted by Crippen LogP contribution is 2.27. The monoisotopic (exact) mass is 381 g/mol. The van der Waals surface area contributed by atoms with Crippen molar-refractivity contribution in [3.05, 3.63) is 42.5 Å². The summed E-state index contributed by atoms with van der Waals surface area (Å²) in [6, 6.07) is 14.2. The van der Waals surface area contributed by atoms with Crippen LogP contribution < -0.4 is 0 Å². The summed E-state index contributed by atoms with van der Waals surface area (Å²) in [5, 5.41) is 11.0. The number of carbonyl (C=O) groups excluding carboxylic acids is 1. The number of aromatic nitrogens is 2. The summed E-state index contributed by atoms with van der Waals surface area (Å²) >= 11 is 1.31. The molecule has 1 aliphatic rings. The van der Waals surface area contributed by atoms with E-state index in [0.29, 0.717) is 28.7 Å². The molecule has 0 N–H and O–H groups in total. The second-order valence-electron chi connectivity index (χ2n) is 7.47. The van der Waals surface area contributed by atoms with Gasteiger partial charge in [0.2, 0.25) is 11.8 Å². The Kier molecular flexibility index (Phi) is 5.16. The third kappa shape index (κ3) is 4.16. The third-order valence-corrected chi connectivity index (χ3v) is 5.75. The van der Waals surface area contributed by atoms with Crippen molar-refractivity contribution >= 4 is 28.4 Å². The van der Waals surface area contributed by atoms with Gasteiger partial charge >= 0.3 is 0 Å². The maximum atomic E-state index is 12.5. The van der Waals surface area contributed by atoms with Gasteiger partial charge in [-0.05, 0) is 41.2 Å². The molecule has 2 aromatic carbocycles. The first kappa shape index (κ1) is 18.0. The molecule has 1 fully saturated rings. The number of hydrogen-bond donors (Lipinski definition) is 0. The second-order valence-corrected chi connectivity index (χ2v) is 8.40. The van der Waals surface area contributed by atoms with Gasteiger partial charge in [0, 0.05) is 18.7 Å². The van der Waals surface area contributed by atoms with Gasteiger partial charge in [-0.2, -0.15) is 0 Å². The lowest BCUT2D eigenvalue weighted by molar-refractivity contribution is -0.130. The largest absolute Gasteiger partial charge is 0.411 e. The first-order valence-electron chi connectivity index (χ1n) is 9.32. The topological polar surface area (TPSA) is 59.2 Å². The van der Waals surface area contributed by atoms with Crippen molar-refractivity contribution in [2.45, 2.75) is 25.5 Å². The number of hydrogen-bond acceptors (Lipinski definition) is 5. The molecule has 1 amide bonds. The molecule has 1 aliphatic heterocycles. The van der Waals surface area contributed by atoms with Crippen LogP contribution in [0.3, 0.4) is 0 Å². The first-order valence-corrected chi connectivity index (χ1v) is 10.3. The van der Waals surface area contributed by atoms with Gasteiger partial charge in [-0.1, -0.05) is 55.9 Å². The van der Waals surface area contributed by atoms with Crippen LogP contribution in [0.4, 0.5) is 0 Å². The van der Waals surface area contributed by atoms with Crippen LogP contribution in [0.2, 0.25) is 0 Å². The number of thioether (sulfide) groups is 1. The number of piperidine rings is 1. The van der Waals surface area contributed by atoms with Gasteiger partial charge in [0.1, 0.15) is 0 Å². The van der Waals surface area contributed by atoms with Crippen LogP contribution in [0.25, 0.3) is 22.2 Å². The SMILES string of the molecule is CC1CC(C)CN(C(=O)CSc2nnc(-c3ccc4ccccc4c3)o2)C1. The van der Waals surface area contributed by atoms with E-state index in [0.717, 1.165) is 24.0 Å². The molecule has 4 rings (SSSR count). The predicted octanol–water partition coefficient (Wildman–Crippen LogP) is 4.49. The molecule has 3 aromatic rings. The number of amides is 1. The predicted molar refractivity (Wildman–Crippen MR) is 107 cm³/mol. The minimum atomic E-state index is 0.142. The average Bonchev–Trinajstić information content (AvgIpc) is 3.14. The van der Waals surface area contributed by atoms with Gasteiger partial charge in [0.25, 0.3) is 5.22 Å². The van der Waals surface area contributed by atoms with Crippen LogP contribution in [-0.2, 0) is 4.79 Å². The van der Waals surface area contributed by atoms with E-state index >= 15 is 0 Å². The highest BCUT2D eigenvalue weighted by Gasteiger charge is 2.25. The van der Waals surface area contributed by atoms with Crippen molar-refractivity contribution in [2.24, 2.45) is 11.8 Å². The molecule has 140 valence electrons. The van der Waals surface area contributed by atoms with Crippen molar-refractivity contribution in [3.63, 3.8) is 0 Å². The molecule has 27 heavy (non-hydrogen) atoms. The van der Waals surface area contributed by atoms with Gasteiger partial charge in [-0.15, -0.1) is 10.2 Å².